The fourth-order valence-electron chi connectivity index (χ4n) is 1.09. The molecule has 0 unspecified atom stereocenters. The molecule has 0 saturated carbocycles. The van der Waals surface area contributed by atoms with E-state index in [2.05, 4.69) is 13.8 Å². The summed E-state index contributed by atoms with van der Waals surface area (Å²) in [6, 6.07) is 0. The normalized spacial score (nSPS) is 8.11. The van der Waals surface area contributed by atoms with Crippen molar-refractivity contribution in [3.05, 3.63) is 6.92 Å². The monoisotopic (exact) mass is 262 g/mol. The molecule has 0 heterocycles. The first-order valence-electron chi connectivity index (χ1n) is 5.77. The maximum atomic E-state index is 9.43. The van der Waals surface area contributed by atoms with Crippen molar-refractivity contribution >= 4 is 11.9 Å². The largest absolute Gasteiger partial charge is 1.00 e. The van der Waals surface area contributed by atoms with Crippen molar-refractivity contribution < 1.29 is 69.6 Å². The Balaban J connectivity index is -0.0000000607. The Bertz CT molecular complexity index is 177. The predicted octanol–water partition coefficient (Wildman–Crippen LogP) is -2.76. The zero-order chi connectivity index (χ0) is 12.8. The van der Waals surface area contributed by atoms with E-state index < -0.39 is 18.4 Å². The van der Waals surface area contributed by atoms with Crippen LogP contribution in [0.15, 0.2) is 0 Å². The van der Waals surface area contributed by atoms with Gasteiger partial charge in [-0.3, -0.25) is 9.59 Å². The van der Waals surface area contributed by atoms with Gasteiger partial charge < -0.3 is 18.6 Å². The summed E-state index contributed by atoms with van der Waals surface area (Å²) < 4.78 is 0. The summed E-state index contributed by atoms with van der Waals surface area (Å²) >= 11 is 0. The van der Waals surface area contributed by atoms with Crippen LogP contribution in [0.5, 0.6) is 0 Å². The van der Waals surface area contributed by atoms with Gasteiger partial charge >= 0.3 is 60.4 Å². The molecule has 2 N–H and O–H groups in total. The van der Waals surface area contributed by atoms with Gasteiger partial charge in [-0.1, -0.05) is 45.4 Å². The Kier molecular flexibility index (Phi) is 34.0. The van der Waals surface area contributed by atoms with Crippen molar-refractivity contribution in [2.24, 2.45) is 0 Å². The van der Waals surface area contributed by atoms with Gasteiger partial charge in [0.15, 0.2) is 0 Å². The van der Waals surface area contributed by atoms with Crippen LogP contribution in [-0.2, 0) is 9.59 Å². The van der Waals surface area contributed by atoms with E-state index in [4.69, 9.17) is 10.2 Å². The molecule has 0 aromatic heterocycles. The Labute approximate surface area is 146 Å². The molecule has 0 atom stereocenters. The molecule has 0 aliphatic heterocycles. The number of aliphatic carboxylic acids is 2. The number of rotatable bonds is 8. The van der Waals surface area contributed by atoms with Crippen LogP contribution < -0.4 is 48.4 Å². The molecule has 4 nitrogen and oxygen atoms in total. The first kappa shape index (κ1) is 27.0. The predicted molar refractivity (Wildman–Crippen MR) is 64.4 cm³/mol. The third-order valence-electron chi connectivity index (χ3n) is 1.91. The van der Waals surface area contributed by atoms with Crippen LogP contribution in [0.2, 0.25) is 0 Å². The third-order valence-corrected chi connectivity index (χ3v) is 1.91. The van der Waals surface area contributed by atoms with Crippen LogP contribution in [0.3, 0.4) is 0 Å². The standard InChI is InChI=1S/C9H19.C3H4O4.Li.Na.H/c1-3-5-7-9-8-6-4-2;4-2(5)1-3(6)7;;;/h1,3-9H2,2H3;1H2,(H,4,5)(H,6,7);;;/q-1;;2*+1;-1. The SMILES string of the molecule is O=C(O)CC(=O)O.[CH2-]CCCCCCCC.[H-].[Li+].[Na+]. The molecule has 0 radical (unpaired) electrons. The summed E-state index contributed by atoms with van der Waals surface area (Å²) in [5.41, 5.74) is 0. The van der Waals surface area contributed by atoms with E-state index in [9.17, 15) is 9.59 Å². The number of hydrogen-bond donors (Lipinski definition) is 2. The summed E-state index contributed by atoms with van der Waals surface area (Å²) in [5, 5.41) is 15.4. The van der Waals surface area contributed by atoms with Gasteiger partial charge in [-0.15, -0.1) is 0 Å². The van der Waals surface area contributed by atoms with E-state index in [1.807, 2.05) is 0 Å². The van der Waals surface area contributed by atoms with Crippen LogP contribution in [0.25, 0.3) is 0 Å². The van der Waals surface area contributed by atoms with E-state index >= 15 is 0 Å². The first-order chi connectivity index (χ1) is 7.54. The molecule has 0 aliphatic rings. The Morgan fingerprint density at radius 2 is 1.39 bits per heavy atom. The topological polar surface area (TPSA) is 74.6 Å². The summed E-state index contributed by atoms with van der Waals surface area (Å²) in [6.45, 7) is 6.05. The summed E-state index contributed by atoms with van der Waals surface area (Å²) in [5.74, 6) is -2.62. The number of carboxylic acids is 2. The van der Waals surface area contributed by atoms with E-state index in [0.29, 0.717) is 0 Å². The molecule has 0 aromatic carbocycles. The second-order valence-electron chi connectivity index (χ2n) is 3.59. The van der Waals surface area contributed by atoms with Crippen molar-refractivity contribution in [1.29, 1.82) is 0 Å². The molecule has 18 heavy (non-hydrogen) atoms. The molecule has 0 fully saturated rings. The summed E-state index contributed by atoms with van der Waals surface area (Å²) in [7, 11) is 0. The molecule has 0 bridgehead atoms. The molecule has 98 valence electrons. The fourth-order valence-corrected chi connectivity index (χ4v) is 1.09. The number of carboxylic acid groups (broad SMARTS) is 2. The van der Waals surface area contributed by atoms with Crippen molar-refractivity contribution in [3.63, 3.8) is 0 Å². The quantitative estimate of drug-likeness (QED) is 0.215. The van der Waals surface area contributed by atoms with Crippen LogP contribution in [0.1, 0.15) is 59.7 Å². The van der Waals surface area contributed by atoms with E-state index in [1.54, 1.807) is 0 Å². The van der Waals surface area contributed by atoms with Crippen molar-refractivity contribution in [2.45, 2.75) is 58.3 Å². The average molecular weight is 262 g/mol. The molecule has 0 saturated heterocycles. The average Bonchev–Trinajstić information content (AvgIpc) is 2.16. The second kappa shape index (κ2) is 22.7. The van der Waals surface area contributed by atoms with Crippen molar-refractivity contribution in [3.8, 4) is 0 Å². The van der Waals surface area contributed by atoms with Gasteiger partial charge in [0.25, 0.3) is 0 Å². The minimum atomic E-state index is -1.31. The zero-order valence-corrected chi connectivity index (χ0v) is 14.1. The van der Waals surface area contributed by atoms with Crippen LogP contribution in [0.4, 0.5) is 0 Å². The molecular weight excluding hydrogens is 238 g/mol. The number of carbonyl (C=O) groups is 2. The maximum absolute atomic E-state index is 9.43. The second-order valence-corrected chi connectivity index (χ2v) is 3.59. The van der Waals surface area contributed by atoms with Gasteiger partial charge in [-0.25, -0.2) is 0 Å². The first-order valence-corrected chi connectivity index (χ1v) is 5.77. The molecule has 6 heteroatoms. The Hall–Kier alpha value is 0.537. The van der Waals surface area contributed by atoms with Gasteiger partial charge in [0.1, 0.15) is 6.42 Å². The van der Waals surface area contributed by atoms with Gasteiger partial charge in [0.2, 0.25) is 0 Å². The maximum Gasteiger partial charge on any atom is 1.00 e. The van der Waals surface area contributed by atoms with Crippen LogP contribution >= 0.6 is 0 Å². The minimum Gasteiger partial charge on any atom is -1.00 e. The Morgan fingerprint density at radius 3 is 1.67 bits per heavy atom. The van der Waals surface area contributed by atoms with Crippen LogP contribution in [-0.4, -0.2) is 22.2 Å². The van der Waals surface area contributed by atoms with Crippen LogP contribution in [0, 0.1) is 6.92 Å². The molecule has 0 aromatic rings. The zero-order valence-electron chi connectivity index (χ0n) is 13.1. The third kappa shape index (κ3) is 36.0. The summed E-state index contributed by atoms with van der Waals surface area (Å²) in [6.07, 6.45) is 8.64. The number of unbranched alkanes of at least 4 members (excludes halogenated alkanes) is 6. The summed E-state index contributed by atoms with van der Waals surface area (Å²) in [4.78, 5) is 18.9. The molecule has 0 rings (SSSR count). The van der Waals surface area contributed by atoms with Gasteiger partial charge in [0.05, 0.1) is 0 Å². The molecular formula is C12H24LiNaO4. The fraction of sp³-hybridized carbons (Fsp3) is 0.750. The molecule has 0 amide bonds. The smallest absolute Gasteiger partial charge is 1.00 e. The van der Waals surface area contributed by atoms with Crippen molar-refractivity contribution in [2.75, 3.05) is 0 Å². The van der Waals surface area contributed by atoms with Gasteiger partial charge in [0, 0.05) is 0 Å². The van der Waals surface area contributed by atoms with E-state index in [-0.39, 0.29) is 49.8 Å². The number of hydrogen-bond acceptors (Lipinski definition) is 2. The minimum absolute atomic E-state index is 0. The van der Waals surface area contributed by atoms with Crippen molar-refractivity contribution in [1.82, 2.24) is 0 Å². The van der Waals surface area contributed by atoms with E-state index in [0.717, 1.165) is 6.42 Å². The van der Waals surface area contributed by atoms with Gasteiger partial charge in [-0.05, 0) is 0 Å². The molecule has 0 spiro atoms. The Morgan fingerprint density at radius 1 is 1.00 bits per heavy atom. The molecule has 0 aliphatic carbocycles. The van der Waals surface area contributed by atoms with E-state index in [1.165, 1.54) is 38.5 Å². The van der Waals surface area contributed by atoms with Gasteiger partial charge in [-0.2, -0.15) is 6.42 Å².